The number of alkyl halides is 3. The highest BCUT2D eigenvalue weighted by Gasteiger charge is 2.36. The molecule has 0 saturated carbocycles. The second-order valence-electron chi connectivity index (χ2n) is 5.08. The lowest BCUT2D eigenvalue weighted by atomic mass is 10.0. The van der Waals surface area contributed by atoms with Crippen LogP contribution in [0.4, 0.5) is 13.2 Å². The van der Waals surface area contributed by atoms with E-state index in [1.165, 1.54) is 25.3 Å². The first-order valence-corrected chi connectivity index (χ1v) is 7.22. The first-order valence-electron chi connectivity index (χ1n) is 6.84. The van der Waals surface area contributed by atoms with Gasteiger partial charge in [-0.1, -0.05) is 35.9 Å². The van der Waals surface area contributed by atoms with Gasteiger partial charge in [-0.3, -0.25) is 0 Å². The minimum atomic E-state index is -4.43. The molecule has 2 aliphatic rings. The predicted molar refractivity (Wildman–Crippen MR) is 85.1 cm³/mol. The summed E-state index contributed by atoms with van der Waals surface area (Å²) in [5.41, 5.74) is 1.19. The van der Waals surface area contributed by atoms with Gasteiger partial charge in [-0.15, -0.1) is 0 Å². The van der Waals surface area contributed by atoms with Crippen molar-refractivity contribution < 1.29 is 17.9 Å². The highest BCUT2D eigenvalue weighted by atomic mass is 35.5. The smallest absolute Gasteiger partial charge is 0.417 e. The maximum Gasteiger partial charge on any atom is 0.417 e. The quantitative estimate of drug-likeness (QED) is 0.546. The largest absolute Gasteiger partial charge is 0.497 e. The van der Waals surface area contributed by atoms with Crippen LogP contribution in [-0.2, 0) is 6.18 Å². The molecule has 0 spiro atoms. The van der Waals surface area contributed by atoms with E-state index in [-0.39, 0.29) is 5.56 Å². The van der Waals surface area contributed by atoms with E-state index in [0.717, 1.165) is 0 Å². The third kappa shape index (κ3) is 2.99. The van der Waals surface area contributed by atoms with Crippen molar-refractivity contribution in [1.29, 1.82) is 0 Å². The Morgan fingerprint density at radius 1 is 0.826 bits per heavy atom. The van der Waals surface area contributed by atoms with Gasteiger partial charge in [0.25, 0.3) is 0 Å². The van der Waals surface area contributed by atoms with Crippen molar-refractivity contribution in [2.45, 2.75) is 6.18 Å². The standard InChI is InChI=1S/C18H12ClF3O/c1-23-13-6-2-11(3-7-13)16-10-17(18(20,21)22)15-9-5-12(19)4-8-14(15)16/h2-10H,1H3. The molecule has 5 heteroatoms. The molecule has 3 rings (SSSR count). The summed E-state index contributed by atoms with van der Waals surface area (Å²) in [6.45, 7) is 0. The van der Waals surface area contributed by atoms with Crippen LogP contribution in [0.5, 0.6) is 5.75 Å². The molecule has 23 heavy (non-hydrogen) atoms. The van der Waals surface area contributed by atoms with Crippen LogP contribution >= 0.6 is 11.6 Å². The van der Waals surface area contributed by atoms with Gasteiger partial charge in [0.15, 0.2) is 0 Å². The van der Waals surface area contributed by atoms with Crippen molar-refractivity contribution in [3.8, 4) is 28.0 Å². The summed E-state index contributed by atoms with van der Waals surface area (Å²) in [6.07, 6.45) is -4.43. The van der Waals surface area contributed by atoms with Crippen LogP contribution in [0, 0.1) is 0 Å². The number of rotatable bonds is 2. The predicted octanol–water partition coefficient (Wildman–Crippen LogP) is 6.14. The lowest BCUT2D eigenvalue weighted by Crippen LogP contribution is -2.03. The molecular formula is C18H12ClF3O. The Hall–Kier alpha value is -2.20. The van der Waals surface area contributed by atoms with E-state index in [0.29, 0.717) is 27.5 Å². The van der Waals surface area contributed by atoms with Crippen molar-refractivity contribution in [2.24, 2.45) is 0 Å². The Bertz CT molecular complexity index is 810. The molecule has 0 unspecified atom stereocenters. The summed E-state index contributed by atoms with van der Waals surface area (Å²) >= 11 is 5.92. The van der Waals surface area contributed by atoms with Crippen molar-refractivity contribution in [3.05, 3.63) is 65.2 Å². The van der Waals surface area contributed by atoms with Crippen molar-refractivity contribution in [3.63, 3.8) is 0 Å². The Labute approximate surface area is 136 Å². The number of ether oxygens (including phenoxy) is 1. The van der Waals surface area contributed by atoms with Gasteiger partial charge < -0.3 is 4.74 Å². The molecule has 0 heterocycles. The minimum Gasteiger partial charge on any atom is -0.497 e. The molecule has 0 bridgehead atoms. The molecule has 1 nitrogen and oxygen atoms in total. The highest BCUT2D eigenvalue weighted by Crippen LogP contribution is 2.45. The van der Waals surface area contributed by atoms with Crippen LogP contribution in [0.2, 0.25) is 5.02 Å². The number of methoxy groups -OCH3 is 1. The molecule has 118 valence electrons. The lowest BCUT2D eigenvalue weighted by molar-refractivity contribution is -0.136. The fourth-order valence-electron chi connectivity index (χ4n) is 2.57. The van der Waals surface area contributed by atoms with Crippen LogP contribution in [0.25, 0.3) is 22.3 Å². The van der Waals surface area contributed by atoms with Crippen LogP contribution < -0.4 is 4.74 Å². The van der Waals surface area contributed by atoms with Gasteiger partial charge in [0.1, 0.15) is 5.75 Å². The van der Waals surface area contributed by atoms with Gasteiger partial charge in [0.2, 0.25) is 0 Å². The summed E-state index contributed by atoms with van der Waals surface area (Å²) in [4.78, 5) is 0. The van der Waals surface area contributed by atoms with Gasteiger partial charge in [0.05, 0.1) is 12.7 Å². The first kappa shape index (κ1) is 15.7. The number of halogens is 4. The van der Waals surface area contributed by atoms with E-state index in [1.54, 1.807) is 36.4 Å². The van der Waals surface area contributed by atoms with Crippen LogP contribution in [0.3, 0.4) is 0 Å². The molecule has 0 fully saturated rings. The molecule has 0 radical (unpaired) electrons. The molecule has 0 saturated heterocycles. The zero-order valence-electron chi connectivity index (χ0n) is 12.1. The van der Waals surface area contributed by atoms with Gasteiger partial charge >= 0.3 is 6.18 Å². The fourth-order valence-corrected chi connectivity index (χ4v) is 2.70. The number of benzene rings is 1. The molecule has 0 amide bonds. The van der Waals surface area contributed by atoms with Gasteiger partial charge in [-0.25, -0.2) is 0 Å². The fraction of sp³-hybridized carbons (Fsp3) is 0.111. The van der Waals surface area contributed by atoms with E-state index < -0.39 is 11.7 Å². The maximum absolute atomic E-state index is 13.3. The van der Waals surface area contributed by atoms with Crippen molar-refractivity contribution >= 4 is 11.6 Å². The zero-order chi connectivity index (χ0) is 16.6. The molecule has 2 aliphatic carbocycles. The van der Waals surface area contributed by atoms with Crippen molar-refractivity contribution in [1.82, 2.24) is 0 Å². The number of hydrogen-bond donors (Lipinski definition) is 0. The Kier molecular flexibility index (Phi) is 3.94. The van der Waals surface area contributed by atoms with E-state index >= 15 is 0 Å². The lowest BCUT2D eigenvalue weighted by Gasteiger charge is -2.06. The second-order valence-corrected chi connectivity index (χ2v) is 5.51. The summed E-state index contributed by atoms with van der Waals surface area (Å²) in [5, 5.41) is 0.384. The Morgan fingerprint density at radius 3 is 2.00 bits per heavy atom. The molecule has 0 aliphatic heterocycles. The summed E-state index contributed by atoms with van der Waals surface area (Å²) in [7, 11) is 1.54. The van der Waals surface area contributed by atoms with E-state index in [4.69, 9.17) is 16.3 Å². The summed E-state index contributed by atoms with van der Waals surface area (Å²) in [5.74, 6) is 0.647. The number of hydrogen-bond acceptors (Lipinski definition) is 1. The van der Waals surface area contributed by atoms with E-state index in [2.05, 4.69) is 0 Å². The van der Waals surface area contributed by atoms with Gasteiger partial charge in [-0.05, 0) is 52.6 Å². The SMILES string of the molecule is COc1ccc(-c2cc(C(F)(F)F)c3ccc(Cl)ccc2-3)cc1. The van der Waals surface area contributed by atoms with Crippen molar-refractivity contribution in [2.75, 3.05) is 7.11 Å². The average Bonchev–Trinajstić information content (AvgIpc) is 2.79. The molecule has 0 atom stereocenters. The third-order valence-electron chi connectivity index (χ3n) is 3.68. The van der Waals surface area contributed by atoms with Crippen LogP contribution in [0.15, 0.2) is 54.6 Å². The Balaban J connectivity index is 2.24. The van der Waals surface area contributed by atoms with E-state index in [9.17, 15) is 13.2 Å². The topological polar surface area (TPSA) is 9.23 Å². The number of fused-ring (bicyclic) bond motifs is 1. The molecule has 0 N–H and O–H groups in total. The van der Waals surface area contributed by atoms with Gasteiger partial charge in [-0.2, -0.15) is 13.2 Å². The second kappa shape index (κ2) is 5.78. The minimum absolute atomic E-state index is 0.134. The average molecular weight is 337 g/mol. The van der Waals surface area contributed by atoms with E-state index in [1.807, 2.05) is 0 Å². The molecule has 1 aromatic rings. The zero-order valence-corrected chi connectivity index (χ0v) is 12.9. The van der Waals surface area contributed by atoms with Crippen LogP contribution in [-0.4, -0.2) is 7.11 Å². The van der Waals surface area contributed by atoms with Crippen LogP contribution in [0.1, 0.15) is 5.56 Å². The Morgan fingerprint density at radius 2 is 1.43 bits per heavy atom. The molecular weight excluding hydrogens is 325 g/mol. The highest BCUT2D eigenvalue weighted by molar-refractivity contribution is 6.30. The summed E-state index contributed by atoms with van der Waals surface area (Å²) < 4.78 is 45.1. The van der Waals surface area contributed by atoms with Gasteiger partial charge in [0, 0.05) is 5.02 Å². The first-order chi connectivity index (χ1) is 10.9. The summed E-state index contributed by atoms with van der Waals surface area (Å²) in [6, 6.07) is 14.2. The maximum atomic E-state index is 13.3. The molecule has 0 aromatic heterocycles. The monoisotopic (exact) mass is 336 g/mol. The molecule has 1 aromatic carbocycles. The normalized spacial score (nSPS) is 11.7. The third-order valence-corrected chi connectivity index (χ3v) is 3.94.